The Hall–Kier alpha value is -3.82. The van der Waals surface area contributed by atoms with Gasteiger partial charge in [-0.2, -0.15) is 5.26 Å². The van der Waals surface area contributed by atoms with Gasteiger partial charge in [-0.1, -0.05) is 36.4 Å². The second-order valence-corrected chi connectivity index (χ2v) is 11.4. The van der Waals surface area contributed by atoms with Crippen LogP contribution in [-0.4, -0.2) is 56.1 Å². The zero-order valence-corrected chi connectivity index (χ0v) is 24.1. The second-order valence-electron chi connectivity index (χ2n) is 11.4. The van der Waals surface area contributed by atoms with E-state index in [1.165, 1.54) is 11.1 Å². The van der Waals surface area contributed by atoms with Gasteiger partial charge in [0.15, 0.2) is 0 Å². The molecule has 0 radical (unpaired) electrons. The van der Waals surface area contributed by atoms with Crippen molar-refractivity contribution in [3.05, 3.63) is 94.0 Å². The summed E-state index contributed by atoms with van der Waals surface area (Å²) in [6.45, 7) is 10.9. The molecule has 0 aliphatic carbocycles. The standard InChI is InChI=1S/C34H41N5O/c1-24-19-25(2)33(34(40)38-17-18-39(30(22-36)23-38)29-10-5-4-6-11-29)26(3)31(24)20-27-13-15-37(16-14-27)32-12-8-7-9-28(32)21-35/h4-12,19,27,30H,13-18,20,22-23,36H2,1-3H3/t30-/m1/s1. The Morgan fingerprint density at radius 3 is 2.35 bits per heavy atom. The number of nitrogens with two attached hydrogens (primary N) is 1. The number of aryl methyl sites for hydroxylation is 2. The van der Waals surface area contributed by atoms with Crippen molar-refractivity contribution in [2.45, 2.75) is 46.1 Å². The zero-order chi connectivity index (χ0) is 28.2. The molecular formula is C34H41N5O. The van der Waals surface area contributed by atoms with Crippen molar-refractivity contribution in [2.24, 2.45) is 11.7 Å². The first-order chi connectivity index (χ1) is 19.4. The third-order valence-corrected chi connectivity index (χ3v) is 8.95. The largest absolute Gasteiger partial charge is 0.370 e. The molecule has 40 heavy (non-hydrogen) atoms. The van der Waals surface area contributed by atoms with Crippen LogP contribution in [0.25, 0.3) is 0 Å². The van der Waals surface area contributed by atoms with Gasteiger partial charge in [0.2, 0.25) is 0 Å². The van der Waals surface area contributed by atoms with Gasteiger partial charge in [-0.15, -0.1) is 0 Å². The summed E-state index contributed by atoms with van der Waals surface area (Å²) in [7, 11) is 0. The molecule has 0 bridgehead atoms. The molecule has 2 N–H and O–H groups in total. The summed E-state index contributed by atoms with van der Waals surface area (Å²) < 4.78 is 0. The Labute approximate surface area is 239 Å². The van der Waals surface area contributed by atoms with Crippen LogP contribution in [0.2, 0.25) is 0 Å². The third kappa shape index (κ3) is 5.57. The quantitative estimate of drug-likeness (QED) is 0.468. The maximum atomic E-state index is 14.0. The van der Waals surface area contributed by atoms with Crippen molar-refractivity contribution in [2.75, 3.05) is 49.1 Å². The lowest BCUT2D eigenvalue weighted by atomic mass is 9.83. The average Bonchev–Trinajstić information content (AvgIpc) is 2.99. The Morgan fingerprint density at radius 1 is 0.950 bits per heavy atom. The van der Waals surface area contributed by atoms with Gasteiger partial charge in [0.05, 0.1) is 17.3 Å². The average molecular weight is 536 g/mol. The summed E-state index contributed by atoms with van der Waals surface area (Å²) >= 11 is 0. The van der Waals surface area contributed by atoms with E-state index in [1.807, 2.05) is 29.2 Å². The third-order valence-electron chi connectivity index (χ3n) is 8.95. The number of amides is 1. The Bertz CT molecular complexity index is 1390. The molecule has 0 aromatic heterocycles. The fraction of sp³-hybridized carbons (Fsp3) is 0.412. The van der Waals surface area contributed by atoms with Gasteiger partial charge < -0.3 is 20.4 Å². The van der Waals surface area contributed by atoms with E-state index in [0.29, 0.717) is 25.6 Å². The maximum Gasteiger partial charge on any atom is 0.254 e. The lowest BCUT2D eigenvalue weighted by molar-refractivity contribution is 0.0722. The van der Waals surface area contributed by atoms with Crippen LogP contribution < -0.4 is 15.5 Å². The topological polar surface area (TPSA) is 76.6 Å². The number of rotatable bonds is 6. The minimum Gasteiger partial charge on any atom is -0.370 e. The van der Waals surface area contributed by atoms with E-state index in [-0.39, 0.29) is 11.9 Å². The van der Waals surface area contributed by atoms with Crippen molar-refractivity contribution in [1.82, 2.24) is 4.90 Å². The highest BCUT2D eigenvalue weighted by molar-refractivity contribution is 5.98. The summed E-state index contributed by atoms with van der Waals surface area (Å²) in [6, 6.07) is 22.9. The lowest BCUT2D eigenvalue weighted by Gasteiger charge is -2.42. The van der Waals surface area contributed by atoms with E-state index in [4.69, 9.17) is 5.73 Å². The highest BCUT2D eigenvalue weighted by Gasteiger charge is 2.31. The molecular weight excluding hydrogens is 494 g/mol. The van der Waals surface area contributed by atoms with Gasteiger partial charge >= 0.3 is 0 Å². The number of para-hydroxylation sites is 2. The summed E-state index contributed by atoms with van der Waals surface area (Å²) in [4.78, 5) is 20.7. The predicted octanol–water partition coefficient (Wildman–Crippen LogP) is 5.23. The monoisotopic (exact) mass is 535 g/mol. The molecule has 2 fully saturated rings. The minimum absolute atomic E-state index is 0.0991. The number of hydrogen-bond donors (Lipinski definition) is 1. The summed E-state index contributed by atoms with van der Waals surface area (Å²) in [6.07, 6.45) is 3.14. The number of anilines is 2. The second kappa shape index (κ2) is 12.1. The summed E-state index contributed by atoms with van der Waals surface area (Å²) in [5.41, 5.74) is 14.8. The smallest absolute Gasteiger partial charge is 0.254 e. The molecule has 1 atom stereocenters. The van der Waals surface area contributed by atoms with Gasteiger partial charge in [-0.25, -0.2) is 0 Å². The van der Waals surface area contributed by atoms with Gasteiger partial charge in [-0.3, -0.25) is 4.79 Å². The number of piperazine rings is 1. The molecule has 2 aliphatic heterocycles. The fourth-order valence-electron chi connectivity index (χ4n) is 6.74. The van der Waals surface area contributed by atoms with Gasteiger partial charge in [0.25, 0.3) is 5.91 Å². The lowest BCUT2D eigenvalue weighted by Crippen LogP contribution is -2.57. The van der Waals surface area contributed by atoms with Crippen molar-refractivity contribution in [3.63, 3.8) is 0 Å². The highest BCUT2D eigenvalue weighted by atomic mass is 16.2. The van der Waals surface area contributed by atoms with Crippen molar-refractivity contribution >= 4 is 17.3 Å². The Morgan fingerprint density at radius 2 is 1.65 bits per heavy atom. The molecule has 0 spiro atoms. The number of nitrogens with zero attached hydrogens (tertiary/aromatic N) is 4. The van der Waals surface area contributed by atoms with E-state index >= 15 is 0 Å². The number of hydrogen-bond acceptors (Lipinski definition) is 5. The first kappa shape index (κ1) is 27.7. The first-order valence-electron chi connectivity index (χ1n) is 14.6. The SMILES string of the molecule is Cc1cc(C)c(C(=O)N2CCN(c3ccccc3)[C@H](CN)C2)c(C)c1CC1CCN(c2ccccc2C#N)CC1. The molecule has 3 aromatic rings. The predicted molar refractivity (Wildman–Crippen MR) is 163 cm³/mol. The molecule has 3 aromatic carbocycles. The van der Waals surface area contributed by atoms with Crippen LogP contribution in [-0.2, 0) is 6.42 Å². The van der Waals surface area contributed by atoms with Gasteiger partial charge in [0, 0.05) is 50.5 Å². The molecule has 6 nitrogen and oxygen atoms in total. The van der Waals surface area contributed by atoms with Crippen molar-refractivity contribution in [3.8, 4) is 6.07 Å². The summed E-state index contributed by atoms with van der Waals surface area (Å²) in [5, 5.41) is 9.52. The van der Waals surface area contributed by atoms with Crippen LogP contribution in [0.3, 0.4) is 0 Å². The number of carbonyl (C=O) groups is 1. The minimum atomic E-state index is 0.0991. The van der Waals surface area contributed by atoms with Crippen LogP contribution in [0.1, 0.15) is 51.0 Å². The van der Waals surface area contributed by atoms with Gasteiger partial charge in [0.1, 0.15) is 6.07 Å². The van der Waals surface area contributed by atoms with E-state index in [0.717, 1.165) is 72.5 Å². The van der Waals surface area contributed by atoms with E-state index in [9.17, 15) is 10.1 Å². The van der Waals surface area contributed by atoms with Crippen LogP contribution in [0.5, 0.6) is 0 Å². The molecule has 0 saturated carbocycles. The number of piperidine rings is 1. The molecule has 1 amide bonds. The van der Waals surface area contributed by atoms with Crippen molar-refractivity contribution < 1.29 is 4.79 Å². The zero-order valence-electron chi connectivity index (χ0n) is 24.1. The normalized spacial score (nSPS) is 18.1. The number of carbonyl (C=O) groups excluding carboxylic acids is 1. The van der Waals surface area contributed by atoms with Crippen molar-refractivity contribution in [1.29, 1.82) is 5.26 Å². The molecule has 2 heterocycles. The highest BCUT2D eigenvalue weighted by Crippen LogP contribution is 2.32. The molecule has 0 unspecified atom stereocenters. The molecule has 2 saturated heterocycles. The van der Waals surface area contributed by atoms with Crippen LogP contribution in [0, 0.1) is 38.0 Å². The van der Waals surface area contributed by atoms with E-state index in [1.54, 1.807) is 0 Å². The number of nitriles is 1. The van der Waals surface area contributed by atoms with Gasteiger partial charge in [-0.05, 0) is 92.5 Å². The van der Waals surface area contributed by atoms with Crippen LogP contribution in [0.4, 0.5) is 11.4 Å². The molecule has 6 heteroatoms. The molecule has 2 aliphatic rings. The fourth-order valence-corrected chi connectivity index (χ4v) is 6.74. The van der Waals surface area contributed by atoms with Crippen LogP contribution in [0.15, 0.2) is 60.7 Å². The van der Waals surface area contributed by atoms with E-state index < -0.39 is 0 Å². The molecule has 5 rings (SSSR count). The Kier molecular flexibility index (Phi) is 8.42. The van der Waals surface area contributed by atoms with Crippen LogP contribution >= 0.6 is 0 Å². The summed E-state index contributed by atoms with van der Waals surface area (Å²) in [5.74, 6) is 0.690. The van der Waals surface area contributed by atoms with E-state index in [2.05, 4.69) is 73.0 Å². The number of benzene rings is 3. The molecule has 208 valence electrons. The Balaban J connectivity index is 1.30. The first-order valence-corrected chi connectivity index (χ1v) is 14.6. The maximum absolute atomic E-state index is 14.0.